The molecule has 1 nitrogen and oxygen atoms in total. The van der Waals surface area contributed by atoms with Crippen molar-refractivity contribution in [2.45, 2.75) is 24.8 Å². The van der Waals surface area contributed by atoms with Gasteiger partial charge in [0.05, 0.1) is 0 Å². The largest absolute Gasteiger partial charge is 0.321 e. The summed E-state index contributed by atoms with van der Waals surface area (Å²) in [5.74, 6) is 0. The number of benzene rings is 2. The summed E-state index contributed by atoms with van der Waals surface area (Å²) in [7, 11) is 0. The first-order chi connectivity index (χ1) is 8.67. The predicted octanol–water partition coefficient (Wildman–Crippen LogP) is 3.68. The fraction of sp³-hybridized carbons (Fsp3) is 0.250. The molecule has 2 aromatic carbocycles. The van der Waals surface area contributed by atoms with Crippen molar-refractivity contribution < 1.29 is 0 Å². The van der Waals surface area contributed by atoms with E-state index in [1.807, 2.05) is 18.2 Å². The zero-order valence-electron chi connectivity index (χ0n) is 10.2. The van der Waals surface area contributed by atoms with Crippen LogP contribution in [-0.4, -0.2) is 0 Å². The van der Waals surface area contributed by atoms with Crippen molar-refractivity contribution in [2.75, 3.05) is 0 Å². The second kappa shape index (κ2) is 4.42. The maximum Gasteiger partial charge on any atom is 0.0454 e. The molecule has 1 atom stereocenters. The van der Waals surface area contributed by atoms with Gasteiger partial charge >= 0.3 is 0 Å². The minimum atomic E-state index is -0.279. The van der Waals surface area contributed by atoms with E-state index in [4.69, 9.17) is 17.3 Å². The van der Waals surface area contributed by atoms with Crippen molar-refractivity contribution in [1.29, 1.82) is 0 Å². The second-order valence-electron chi connectivity index (χ2n) is 5.11. The quantitative estimate of drug-likeness (QED) is 0.829. The van der Waals surface area contributed by atoms with E-state index in [-0.39, 0.29) is 5.54 Å². The van der Waals surface area contributed by atoms with Crippen molar-refractivity contribution >= 4 is 11.6 Å². The number of nitrogens with two attached hydrogens (primary N) is 1. The van der Waals surface area contributed by atoms with Gasteiger partial charge in [-0.25, -0.2) is 0 Å². The van der Waals surface area contributed by atoms with E-state index in [0.29, 0.717) is 0 Å². The molecule has 0 aromatic heterocycles. The molecule has 1 aliphatic carbocycles. The molecule has 0 saturated carbocycles. The van der Waals surface area contributed by atoms with Crippen LogP contribution in [0, 0.1) is 0 Å². The highest BCUT2D eigenvalue weighted by Crippen LogP contribution is 2.35. The van der Waals surface area contributed by atoms with Crippen LogP contribution >= 0.6 is 11.6 Å². The molecule has 0 heterocycles. The summed E-state index contributed by atoms with van der Waals surface area (Å²) in [6, 6.07) is 16.5. The maximum atomic E-state index is 6.61. The Kier molecular flexibility index (Phi) is 2.89. The van der Waals surface area contributed by atoms with Crippen LogP contribution in [0.4, 0.5) is 0 Å². The minimum absolute atomic E-state index is 0.279. The van der Waals surface area contributed by atoms with Crippen molar-refractivity contribution in [3.8, 4) is 0 Å². The lowest BCUT2D eigenvalue weighted by Gasteiger charge is -2.35. The molecule has 0 amide bonds. The fourth-order valence-corrected chi connectivity index (χ4v) is 2.99. The van der Waals surface area contributed by atoms with Gasteiger partial charge in [0, 0.05) is 10.6 Å². The minimum Gasteiger partial charge on any atom is -0.321 e. The maximum absolute atomic E-state index is 6.61. The van der Waals surface area contributed by atoms with Crippen LogP contribution in [-0.2, 0) is 18.4 Å². The Morgan fingerprint density at radius 1 is 1.00 bits per heavy atom. The molecule has 2 N–H and O–H groups in total. The van der Waals surface area contributed by atoms with Gasteiger partial charge in [-0.2, -0.15) is 0 Å². The molecule has 0 radical (unpaired) electrons. The number of halogens is 1. The van der Waals surface area contributed by atoms with Crippen LogP contribution in [0.3, 0.4) is 0 Å². The molecular formula is C16H16ClN. The molecule has 0 aliphatic heterocycles. The molecule has 3 rings (SSSR count). The Balaban J connectivity index is 1.99. The van der Waals surface area contributed by atoms with Crippen molar-refractivity contribution in [1.82, 2.24) is 0 Å². The number of aryl methyl sites for hydroxylation is 1. The van der Waals surface area contributed by atoms with Crippen molar-refractivity contribution in [2.24, 2.45) is 5.73 Å². The van der Waals surface area contributed by atoms with E-state index < -0.39 is 0 Å². The standard InChI is InChI=1S/C16H16ClN/c17-15-7-3-6-14(10-15)16(18)9-8-12-4-1-2-5-13(12)11-16/h1-7,10H,8-9,11,18H2. The lowest BCUT2D eigenvalue weighted by Crippen LogP contribution is -2.42. The summed E-state index contributed by atoms with van der Waals surface area (Å²) in [4.78, 5) is 0. The van der Waals surface area contributed by atoms with Gasteiger partial charge in [0.15, 0.2) is 0 Å². The molecular weight excluding hydrogens is 242 g/mol. The summed E-state index contributed by atoms with van der Waals surface area (Å²) in [6.07, 6.45) is 2.91. The van der Waals surface area contributed by atoms with Crippen molar-refractivity contribution in [3.05, 3.63) is 70.2 Å². The molecule has 0 bridgehead atoms. The Hall–Kier alpha value is -1.31. The molecule has 92 valence electrons. The van der Waals surface area contributed by atoms with Crippen LogP contribution in [0.15, 0.2) is 48.5 Å². The van der Waals surface area contributed by atoms with Crippen LogP contribution in [0.2, 0.25) is 5.02 Å². The molecule has 18 heavy (non-hydrogen) atoms. The SMILES string of the molecule is NC1(c2cccc(Cl)c2)CCc2ccccc2C1. The van der Waals surface area contributed by atoms with Crippen LogP contribution in [0.5, 0.6) is 0 Å². The van der Waals surface area contributed by atoms with E-state index in [1.54, 1.807) is 0 Å². The van der Waals surface area contributed by atoms with E-state index in [9.17, 15) is 0 Å². The molecule has 2 aromatic rings. The molecule has 0 saturated heterocycles. The highest BCUT2D eigenvalue weighted by molar-refractivity contribution is 6.30. The third kappa shape index (κ3) is 2.05. The van der Waals surface area contributed by atoms with E-state index in [0.717, 1.165) is 29.8 Å². The van der Waals surface area contributed by atoms with Gasteiger partial charge in [-0.15, -0.1) is 0 Å². The number of fused-ring (bicyclic) bond motifs is 1. The fourth-order valence-electron chi connectivity index (χ4n) is 2.80. The third-order valence-corrected chi connectivity index (χ3v) is 4.10. The van der Waals surface area contributed by atoms with Crippen molar-refractivity contribution in [3.63, 3.8) is 0 Å². The van der Waals surface area contributed by atoms with Crippen LogP contribution in [0.1, 0.15) is 23.1 Å². The number of hydrogen-bond donors (Lipinski definition) is 1. The zero-order valence-corrected chi connectivity index (χ0v) is 11.0. The average molecular weight is 258 g/mol. The first-order valence-electron chi connectivity index (χ1n) is 6.29. The highest BCUT2D eigenvalue weighted by atomic mass is 35.5. The Bertz CT molecular complexity index is 579. The number of hydrogen-bond acceptors (Lipinski definition) is 1. The molecule has 1 aliphatic rings. The summed E-state index contributed by atoms with van der Waals surface area (Å²) in [5.41, 5.74) is 10.3. The van der Waals surface area contributed by atoms with Gasteiger partial charge in [-0.1, -0.05) is 48.0 Å². The second-order valence-corrected chi connectivity index (χ2v) is 5.55. The van der Waals surface area contributed by atoms with Gasteiger partial charge in [-0.05, 0) is 48.1 Å². The third-order valence-electron chi connectivity index (χ3n) is 3.86. The topological polar surface area (TPSA) is 26.0 Å². The monoisotopic (exact) mass is 257 g/mol. The van der Waals surface area contributed by atoms with Gasteiger partial charge in [0.25, 0.3) is 0 Å². The van der Waals surface area contributed by atoms with Gasteiger partial charge in [0.1, 0.15) is 0 Å². The van der Waals surface area contributed by atoms with Gasteiger partial charge < -0.3 is 5.73 Å². The molecule has 2 heteroatoms. The first-order valence-corrected chi connectivity index (χ1v) is 6.67. The lowest BCUT2D eigenvalue weighted by molar-refractivity contribution is 0.385. The summed E-state index contributed by atoms with van der Waals surface area (Å²) < 4.78 is 0. The zero-order chi connectivity index (χ0) is 12.6. The summed E-state index contributed by atoms with van der Waals surface area (Å²) in [5, 5.41) is 0.760. The predicted molar refractivity (Wildman–Crippen MR) is 75.8 cm³/mol. The number of rotatable bonds is 1. The lowest BCUT2D eigenvalue weighted by atomic mass is 9.74. The Morgan fingerprint density at radius 2 is 1.78 bits per heavy atom. The highest BCUT2D eigenvalue weighted by Gasteiger charge is 2.31. The van der Waals surface area contributed by atoms with Gasteiger partial charge in [-0.3, -0.25) is 0 Å². The molecule has 0 fully saturated rings. The Labute approximate surface area is 113 Å². The Morgan fingerprint density at radius 3 is 2.56 bits per heavy atom. The van der Waals surface area contributed by atoms with E-state index in [1.165, 1.54) is 11.1 Å². The summed E-state index contributed by atoms with van der Waals surface area (Å²) >= 11 is 6.07. The molecule has 0 spiro atoms. The van der Waals surface area contributed by atoms with Crippen LogP contribution < -0.4 is 5.73 Å². The smallest absolute Gasteiger partial charge is 0.0454 e. The van der Waals surface area contributed by atoms with Crippen LogP contribution in [0.25, 0.3) is 0 Å². The summed E-state index contributed by atoms with van der Waals surface area (Å²) in [6.45, 7) is 0. The normalized spacial score (nSPS) is 22.6. The first kappa shape index (κ1) is 11.8. The van der Waals surface area contributed by atoms with E-state index >= 15 is 0 Å². The average Bonchev–Trinajstić information content (AvgIpc) is 2.38. The van der Waals surface area contributed by atoms with E-state index in [2.05, 4.69) is 30.3 Å². The molecule has 1 unspecified atom stereocenters. The van der Waals surface area contributed by atoms with Gasteiger partial charge in [0.2, 0.25) is 0 Å².